The van der Waals surface area contributed by atoms with E-state index in [4.69, 9.17) is 0 Å². The largest absolute Gasteiger partial charge is 0.342 e. The number of nitrogens with zero attached hydrogens (tertiary/aromatic N) is 4. The van der Waals surface area contributed by atoms with Crippen LogP contribution in [0, 0.1) is 6.92 Å². The predicted octanol–water partition coefficient (Wildman–Crippen LogP) is 2.96. The lowest BCUT2D eigenvalue weighted by Crippen LogP contribution is -2.31. The van der Waals surface area contributed by atoms with Crippen molar-refractivity contribution in [3.8, 4) is 0 Å². The van der Waals surface area contributed by atoms with Crippen LogP contribution in [0.15, 0.2) is 36.7 Å². The summed E-state index contributed by atoms with van der Waals surface area (Å²) < 4.78 is 0. The van der Waals surface area contributed by atoms with E-state index >= 15 is 0 Å². The number of benzene rings is 1. The van der Waals surface area contributed by atoms with Crippen LogP contribution in [0.25, 0.3) is 11.0 Å². The van der Waals surface area contributed by atoms with Gasteiger partial charge in [0.2, 0.25) is 5.91 Å². The fourth-order valence-corrected chi connectivity index (χ4v) is 3.51. The Hall–Kier alpha value is -2.76. The Morgan fingerprint density at radius 2 is 2.16 bits per heavy atom. The van der Waals surface area contributed by atoms with Gasteiger partial charge in [-0.2, -0.15) is 0 Å². The lowest BCUT2D eigenvalue weighted by Gasteiger charge is -2.24. The van der Waals surface area contributed by atoms with E-state index in [1.54, 1.807) is 12.4 Å². The van der Waals surface area contributed by atoms with Gasteiger partial charge in [-0.05, 0) is 31.9 Å². The van der Waals surface area contributed by atoms with Gasteiger partial charge in [-0.15, -0.1) is 0 Å². The van der Waals surface area contributed by atoms with E-state index in [0.29, 0.717) is 12.8 Å². The second kappa shape index (κ2) is 6.63. The molecule has 1 amide bonds. The Bertz CT molecular complexity index is 870. The highest BCUT2D eigenvalue weighted by Gasteiger charge is 2.30. The van der Waals surface area contributed by atoms with Gasteiger partial charge in [-0.3, -0.25) is 14.8 Å². The fraction of sp³-hybridized carbons (Fsp3) is 0.368. The molecule has 0 unspecified atom stereocenters. The highest BCUT2D eigenvalue weighted by atomic mass is 16.2. The molecule has 1 aliphatic heterocycles. The number of carbonyl (C=O) groups excluding carboxylic acids is 1. The monoisotopic (exact) mass is 335 g/mol. The Morgan fingerprint density at radius 3 is 3.00 bits per heavy atom. The van der Waals surface area contributed by atoms with Gasteiger partial charge in [0.15, 0.2) is 0 Å². The minimum atomic E-state index is 0.0515. The van der Waals surface area contributed by atoms with Crippen molar-refractivity contribution in [1.82, 2.24) is 24.8 Å². The summed E-state index contributed by atoms with van der Waals surface area (Å²) in [4.78, 5) is 31.3. The normalized spacial score (nSPS) is 17.3. The van der Waals surface area contributed by atoms with Crippen molar-refractivity contribution in [2.75, 3.05) is 6.54 Å². The second-order valence-electron chi connectivity index (χ2n) is 6.53. The van der Waals surface area contributed by atoms with E-state index < -0.39 is 0 Å². The summed E-state index contributed by atoms with van der Waals surface area (Å²) in [5.41, 5.74) is 3.74. The molecule has 1 aliphatic rings. The number of rotatable bonds is 4. The molecule has 3 aromatic rings. The molecule has 0 bridgehead atoms. The molecule has 1 saturated heterocycles. The molecule has 1 N–H and O–H groups in total. The summed E-state index contributed by atoms with van der Waals surface area (Å²) in [7, 11) is 0. The SMILES string of the molecule is Cc1cncc([C@H]2CCCN2C(=O)CCc2nc3ccccc3[nH]2)n1. The van der Waals surface area contributed by atoms with Crippen LogP contribution in [0.1, 0.15) is 42.5 Å². The predicted molar refractivity (Wildman–Crippen MR) is 94.9 cm³/mol. The average molecular weight is 335 g/mol. The van der Waals surface area contributed by atoms with Gasteiger partial charge >= 0.3 is 0 Å². The number of imidazole rings is 1. The van der Waals surface area contributed by atoms with Gasteiger partial charge in [0, 0.05) is 25.6 Å². The molecule has 3 heterocycles. The molecule has 0 saturated carbocycles. The molecular weight excluding hydrogens is 314 g/mol. The lowest BCUT2D eigenvalue weighted by molar-refractivity contribution is -0.132. The molecule has 0 radical (unpaired) electrons. The number of hydrogen-bond acceptors (Lipinski definition) is 4. The number of likely N-dealkylation sites (tertiary alicyclic amines) is 1. The zero-order chi connectivity index (χ0) is 17.2. The molecule has 25 heavy (non-hydrogen) atoms. The molecule has 6 heteroatoms. The number of aromatic amines is 1. The molecule has 0 spiro atoms. The van der Waals surface area contributed by atoms with E-state index in [9.17, 15) is 4.79 Å². The molecule has 1 aromatic carbocycles. The number of aryl methyl sites for hydroxylation is 2. The molecule has 128 valence electrons. The summed E-state index contributed by atoms with van der Waals surface area (Å²) in [6.45, 7) is 2.72. The van der Waals surface area contributed by atoms with Crippen LogP contribution < -0.4 is 0 Å². The quantitative estimate of drug-likeness (QED) is 0.795. The van der Waals surface area contributed by atoms with Gasteiger partial charge in [0.1, 0.15) is 5.82 Å². The van der Waals surface area contributed by atoms with Gasteiger partial charge in [-0.25, -0.2) is 4.98 Å². The number of fused-ring (bicyclic) bond motifs is 1. The number of aromatic nitrogens is 4. The maximum Gasteiger partial charge on any atom is 0.223 e. The van der Waals surface area contributed by atoms with Crippen LogP contribution in [0.2, 0.25) is 0 Å². The second-order valence-corrected chi connectivity index (χ2v) is 6.53. The summed E-state index contributed by atoms with van der Waals surface area (Å²) in [6, 6.07) is 7.98. The third kappa shape index (κ3) is 3.24. The van der Waals surface area contributed by atoms with E-state index in [2.05, 4.69) is 19.9 Å². The topological polar surface area (TPSA) is 74.8 Å². The average Bonchev–Trinajstić information content (AvgIpc) is 3.26. The van der Waals surface area contributed by atoms with Crippen LogP contribution in [-0.4, -0.2) is 37.3 Å². The van der Waals surface area contributed by atoms with Crippen molar-refractivity contribution in [1.29, 1.82) is 0 Å². The summed E-state index contributed by atoms with van der Waals surface area (Å²) in [5, 5.41) is 0. The molecule has 4 rings (SSSR count). The van der Waals surface area contributed by atoms with Crippen LogP contribution >= 0.6 is 0 Å². The minimum Gasteiger partial charge on any atom is -0.342 e. The van der Waals surface area contributed by atoms with Gasteiger partial charge in [0.25, 0.3) is 0 Å². The Balaban J connectivity index is 1.44. The Kier molecular flexibility index (Phi) is 4.17. The first kappa shape index (κ1) is 15.7. The first-order valence-electron chi connectivity index (χ1n) is 8.72. The third-order valence-electron chi connectivity index (χ3n) is 4.70. The summed E-state index contributed by atoms with van der Waals surface area (Å²) >= 11 is 0. The number of nitrogens with one attached hydrogen (secondary N) is 1. The van der Waals surface area contributed by atoms with Crippen LogP contribution in [0.4, 0.5) is 0 Å². The van der Waals surface area contributed by atoms with Crippen molar-refractivity contribution in [2.24, 2.45) is 0 Å². The fourth-order valence-electron chi connectivity index (χ4n) is 3.51. The summed E-state index contributed by atoms with van der Waals surface area (Å²) in [6.07, 6.45) is 6.56. The van der Waals surface area contributed by atoms with Crippen molar-refractivity contribution in [2.45, 2.75) is 38.6 Å². The number of H-pyrrole nitrogens is 1. The minimum absolute atomic E-state index is 0.0515. The first-order chi connectivity index (χ1) is 12.2. The maximum atomic E-state index is 12.7. The number of hydrogen-bond donors (Lipinski definition) is 1. The van der Waals surface area contributed by atoms with E-state index in [0.717, 1.165) is 47.6 Å². The van der Waals surface area contributed by atoms with Gasteiger partial charge in [0.05, 0.1) is 34.7 Å². The molecule has 2 aromatic heterocycles. The molecule has 0 aliphatic carbocycles. The third-order valence-corrected chi connectivity index (χ3v) is 4.70. The number of carbonyl (C=O) groups is 1. The highest BCUT2D eigenvalue weighted by molar-refractivity contribution is 5.78. The molecule has 6 nitrogen and oxygen atoms in total. The maximum absolute atomic E-state index is 12.7. The smallest absolute Gasteiger partial charge is 0.223 e. The zero-order valence-electron chi connectivity index (χ0n) is 14.3. The van der Waals surface area contributed by atoms with Crippen LogP contribution in [0.3, 0.4) is 0 Å². The number of para-hydroxylation sites is 2. The lowest BCUT2D eigenvalue weighted by atomic mass is 10.1. The first-order valence-corrected chi connectivity index (χ1v) is 8.72. The van der Waals surface area contributed by atoms with Crippen molar-refractivity contribution in [3.05, 3.63) is 53.9 Å². The van der Waals surface area contributed by atoms with Crippen molar-refractivity contribution in [3.63, 3.8) is 0 Å². The summed E-state index contributed by atoms with van der Waals surface area (Å²) in [5.74, 6) is 1.02. The highest BCUT2D eigenvalue weighted by Crippen LogP contribution is 2.31. The zero-order valence-corrected chi connectivity index (χ0v) is 14.3. The Labute approximate surface area is 146 Å². The van der Waals surface area contributed by atoms with Crippen LogP contribution in [0.5, 0.6) is 0 Å². The van der Waals surface area contributed by atoms with Gasteiger partial charge in [-0.1, -0.05) is 12.1 Å². The number of amides is 1. The van der Waals surface area contributed by atoms with Crippen molar-refractivity contribution < 1.29 is 4.79 Å². The van der Waals surface area contributed by atoms with E-state index in [1.165, 1.54) is 0 Å². The standard InChI is InChI=1S/C19H21N5O/c1-13-11-20-12-16(21-13)17-7-4-10-24(17)19(25)9-8-18-22-14-5-2-3-6-15(14)23-18/h2-3,5-6,11-12,17H,4,7-10H2,1H3,(H,22,23)/t17-/m1/s1. The molecule has 1 fully saturated rings. The molecule has 1 atom stereocenters. The van der Waals surface area contributed by atoms with E-state index in [1.807, 2.05) is 36.1 Å². The Morgan fingerprint density at radius 1 is 1.28 bits per heavy atom. The van der Waals surface area contributed by atoms with E-state index in [-0.39, 0.29) is 11.9 Å². The molecular formula is C19H21N5O. The van der Waals surface area contributed by atoms with Crippen molar-refractivity contribution >= 4 is 16.9 Å². The van der Waals surface area contributed by atoms with Gasteiger partial charge < -0.3 is 9.88 Å². The van der Waals surface area contributed by atoms with Crippen LogP contribution in [-0.2, 0) is 11.2 Å².